The van der Waals surface area contributed by atoms with Crippen LogP contribution >= 0.6 is 0 Å². The smallest absolute Gasteiger partial charge is 0.306 e. The number of rotatable bonds is 26. The Hall–Kier alpha value is -1.14. The summed E-state index contributed by atoms with van der Waals surface area (Å²) in [7, 11) is 0. The molecule has 2 unspecified atom stereocenters. The third-order valence-corrected chi connectivity index (χ3v) is 10.6. The van der Waals surface area contributed by atoms with Crippen molar-refractivity contribution in [1.82, 2.24) is 4.90 Å². The zero-order valence-electron chi connectivity index (χ0n) is 29.4. The topological polar surface area (TPSA) is 76.1 Å². The van der Waals surface area contributed by atoms with Crippen molar-refractivity contribution in [2.45, 2.75) is 163 Å². The summed E-state index contributed by atoms with van der Waals surface area (Å²) in [5, 5.41) is 9.47. The highest BCUT2D eigenvalue weighted by atomic mass is 16.5. The Balaban J connectivity index is 1.40. The average Bonchev–Trinajstić information content (AvgIpc) is 2.96. The van der Waals surface area contributed by atoms with E-state index in [4.69, 9.17) is 9.47 Å². The molecule has 2 atom stereocenters. The minimum atomic E-state index is -0.0378. The van der Waals surface area contributed by atoms with E-state index in [9.17, 15) is 14.7 Å². The molecule has 0 aromatic carbocycles. The SMILES string of the molecule is CCC(CC)CCOC(=O)CCCCCCCN(CCO)CCCCCCCCOC(=O)CC1(C)CC2CC(C)CC(C2)C1. The second-order valence-corrected chi connectivity index (χ2v) is 15.1. The van der Waals surface area contributed by atoms with Gasteiger partial charge in [0.15, 0.2) is 0 Å². The zero-order chi connectivity index (χ0) is 32.0. The number of carbonyl (C=O) groups excluding carboxylic acids is 2. The fourth-order valence-electron chi connectivity index (χ4n) is 8.30. The first-order chi connectivity index (χ1) is 21.3. The van der Waals surface area contributed by atoms with Crippen LogP contribution in [0.1, 0.15) is 163 Å². The summed E-state index contributed by atoms with van der Waals surface area (Å²) < 4.78 is 11.1. The normalized spacial score (nSPS) is 23.3. The first-order valence-electron chi connectivity index (χ1n) is 18.9. The Morgan fingerprint density at radius 3 is 1.89 bits per heavy atom. The van der Waals surface area contributed by atoms with Crippen LogP contribution in [0.3, 0.4) is 0 Å². The molecular formula is C38H71NO5. The zero-order valence-corrected chi connectivity index (χ0v) is 29.4. The molecule has 6 nitrogen and oxygen atoms in total. The predicted molar refractivity (Wildman–Crippen MR) is 181 cm³/mol. The number of ether oxygens (including phenoxy) is 2. The lowest BCUT2D eigenvalue weighted by Crippen LogP contribution is -2.37. The van der Waals surface area contributed by atoms with E-state index in [1.165, 1.54) is 64.2 Å². The molecule has 2 bridgehead atoms. The number of aliphatic hydroxyl groups is 1. The van der Waals surface area contributed by atoms with Crippen LogP contribution in [0.4, 0.5) is 0 Å². The molecule has 0 spiro atoms. The molecule has 6 heteroatoms. The molecule has 0 heterocycles. The van der Waals surface area contributed by atoms with Gasteiger partial charge in [0.25, 0.3) is 0 Å². The first-order valence-corrected chi connectivity index (χ1v) is 18.9. The maximum Gasteiger partial charge on any atom is 0.306 e. The van der Waals surface area contributed by atoms with E-state index in [2.05, 4.69) is 32.6 Å². The van der Waals surface area contributed by atoms with Crippen molar-refractivity contribution in [2.75, 3.05) is 39.5 Å². The lowest BCUT2D eigenvalue weighted by atomic mass is 9.58. The summed E-state index contributed by atoms with van der Waals surface area (Å²) in [6, 6.07) is 0. The summed E-state index contributed by atoms with van der Waals surface area (Å²) in [4.78, 5) is 26.9. The van der Waals surface area contributed by atoms with Gasteiger partial charge in [-0.05, 0) is 106 Å². The van der Waals surface area contributed by atoms with Crippen molar-refractivity contribution in [3.8, 4) is 0 Å². The second kappa shape index (κ2) is 23.2. The molecular weight excluding hydrogens is 550 g/mol. The summed E-state index contributed by atoms with van der Waals surface area (Å²) in [6.45, 7) is 13.3. The molecule has 2 aliphatic rings. The Morgan fingerprint density at radius 1 is 0.750 bits per heavy atom. The molecule has 2 fully saturated rings. The predicted octanol–water partition coefficient (Wildman–Crippen LogP) is 9.12. The molecule has 44 heavy (non-hydrogen) atoms. The van der Waals surface area contributed by atoms with Crippen LogP contribution in [-0.2, 0) is 19.1 Å². The van der Waals surface area contributed by atoms with Gasteiger partial charge in [-0.3, -0.25) is 9.59 Å². The fraction of sp³-hybridized carbons (Fsp3) is 0.947. The van der Waals surface area contributed by atoms with E-state index in [-0.39, 0.29) is 24.0 Å². The lowest BCUT2D eigenvalue weighted by Gasteiger charge is -2.47. The highest BCUT2D eigenvalue weighted by molar-refractivity contribution is 5.70. The van der Waals surface area contributed by atoms with Gasteiger partial charge in [-0.25, -0.2) is 0 Å². The molecule has 2 aliphatic carbocycles. The number of fused-ring (bicyclic) bond motifs is 2. The van der Waals surface area contributed by atoms with Crippen molar-refractivity contribution < 1.29 is 24.2 Å². The Kier molecular flexibility index (Phi) is 20.6. The van der Waals surface area contributed by atoms with E-state index in [0.29, 0.717) is 32.0 Å². The molecule has 0 radical (unpaired) electrons. The lowest BCUT2D eigenvalue weighted by molar-refractivity contribution is -0.148. The van der Waals surface area contributed by atoms with E-state index >= 15 is 0 Å². The molecule has 0 amide bonds. The van der Waals surface area contributed by atoms with Gasteiger partial charge >= 0.3 is 11.9 Å². The third kappa shape index (κ3) is 17.5. The van der Waals surface area contributed by atoms with Crippen LogP contribution in [0.2, 0.25) is 0 Å². The van der Waals surface area contributed by atoms with Crippen molar-refractivity contribution in [3.05, 3.63) is 0 Å². The van der Waals surface area contributed by atoms with Crippen molar-refractivity contribution in [3.63, 3.8) is 0 Å². The summed E-state index contributed by atoms with van der Waals surface area (Å²) >= 11 is 0. The second-order valence-electron chi connectivity index (χ2n) is 15.1. The molecule has 258 valence electrons. The Bertz CT molecular complexity index is 736. The van der Waals surface area contributed by atoms with Crippen LogP contribution in [-0.4, -0.2) is 61.4 Å². The highest BCUT2D eigenvalue weighted by Crippen LogP contribution is 2.51. The molecule has 0 aromatic rings. The van der Waals surface area contributed by atoms with Crippen molar-refractivity contribution in [2.24, 2.45) is 29.1 Å². The van der Waals surface area contributed by atoms with Crippen molar-refractivity contribution >= 4 is 11.9 Å². The fourth-order valence-corrected chi connectivity index (χ4v) is 8.30. The van der Waals surface area contributed by atoms with Gasteiger partial charge in [0.05, 0.1) is 26.2 Å². The van der Waals surface area contributed by atoms with Gasteiger partial charge < -0.3 is 19.5 Å². The van der Waals surface area contributed by atoms with Crippen LogP contribution in [0.5, 0.6) is 0 Å². The minimum absolute atomic E-state index is 0.0208. The summed E-state index contributed by atoms with van der Waals surface area (Å²) in [5.74, 6) is 3.16. The number of carbonyl (C=O) groups is 2. The number of nitrogens with zero attached hydrogens (tertiary/aromatic N) is 1. The number of hydrogen-bond acceptors (Lipinski definition) is 6. The van der Waals surface area contributed by atoms with Crippen molar-refractivity contribution in [1.29, 1.82) is 0 Å². The average molecular weight is 622 g/mol. The van der Waals surface area contributed by atoms with Crippen LogP contribution in [0.15, 0.2) is 0 Å². The van der Waals surface area contributed by atoms with E-state index in [1.807, 2.05) is 0 Å². The van der Waals surface area contributed by atoms with Gasteiger partial charge in [-0.2, -0.15) is 0 Å². The maximum absolute atomic E-state index is 12.6. The quantitative estimate of drug-likeness (QED) is 0.0767. The maximum atomic E-state index is 12.6. The van der Waals surface area contributed by atoms with Gasteiger partial charge in [-0.15, -0.1) is 0 Å². The van der Waals surface area contributed by atoms with Crippen LogP contribution in [0.25, 0.3) is 0 Å². The van der Waals surface area contributed by atoms with Gasteiger partial charge in [0, 0.05) is 13.0 Å². The molecule has 0 aromatic heterocycles. The van der Waals surface area contributed by atoms with Crippen LogP contribution < -0.4 is 0 Å². The summed E-state index contributed by atoms with van der Waals surface area (Å²) in [6.07, 6.45) is 23.3. The number of aliphatic hydroxyl groups excluding tert-OH is 1. The Morgan fingerprint density at radius 2 is 1.30 bits per heavy atom. The monoisotopic (exact) mass is 622 g/mol. The minimum Gasteiger partial charge on any atom is -0.466 e. The van der Waals surface area contributed by atoms with E-state index in [1.54, 1.807) is 0 Å². The summed E-state index contributed by atoms with van der Waals surface area (Å²) in [5.41, 5.74) is 0.151. The first kappa shape index (κ1) is 39.0. The number of esters is 2. The van der Waals surface area contributed by atoms with E-state index in [0.717, 1.165) is 95.2 Å². The molecule has 2 saturated carbocycles. The van der Waals surface area contributed by atoms with Gasteiger partial charge in [0.1, 0.15) is 0 Å². The molecule has 1 N–H and O–H groups in total. The number of unbranched alkanes of at least 4 members (excludes halogenated alkanes) is 9. The van der Waals surface area contributed by atoms with E-state index < -0.39 is 0 Å². The Labute approximate surface area is 271 Å². The number of hydrogen-bond donors (Lipinski definition) is 1. The molecule has 0 saturated heterocycles. The standard InChI is InChI=1S/C38H71NO5/c1-5-33(6-2)19-25-44-36(41)18-14-10-9-12-16-21-39(22-23-40)20-15-11-7-8-13-17-24-43-37(42)31-38(4)29-34-26-32(3)27-35(28-34)30-38/h32-35,40H,5-31H2,1-4H3. The largest absolute Gasteiger partial charge is 0.466 e. The highest BCUT2D eigenvalue weighted by Gasteiger charge is 2.42. The van der Waals surface area contributed by atoms with Crippen LogP contribution in [0, 0.1) is 29.1 Å². The molecule has 2 rings (SSSR count). The van der Waals surface area contributed by atoms with Gasteiger partial charge in [-0.1, -0.05) is 85.5 Å². The van der Waals surface area contributed by atoms with Gasteiger partial charge in [0.2, 0.25) is 0 Å². The molecule has 0 aliphatic heterocycles. The third-order valence-electron chi connectivity index (χ3n) is 10.6.